The fraction of sp³-hybridized carbons (Fsp3) is 0.211. The van der Waals surface area contributed by atoms with Gasteiger partial charge < -0.3 is 19.6 Å². The molecule has 0 bridgehead atoms. The first kappa shape index (κ1) is 97.6. The maximum Gasteiger partial charge on any atom is 0.131 e. The number of halogens is 1. The molecule has 15 aromatic rings. The van der Waals surface area contributed by atoms with E-state index in [2.05, 4.69) is 253 Å². The predicted molar refractivity (Wildman–Crippen MR) is 559 cm³/mol. The summed E-state index contributed by atoms with van der Waals surface area (Å²) < 4.78 is 0. The minimum Gasteiger partial charge on any atom is -0.372 e. The molecular weight excluding hydrogens is 1760 g/mol. The second-order valence-electron chi connectivity index (χ2n) is 33.1. The molecule has 0 atom stereocenters. The molecule has 0 aliphatic carbocycles. The molecular formula is C109H107ClN30. The molecule has 17 rings (SSSR count). The first-order valence-corrected chi connectivity index (χ1v) is 47.0. The van der Waals surface area contributed by atoms with Gasteiger partial charge >= 0.3 is 0 Å². The Hall–Kier alpha value is -16.9. The molecule has 0 N–H and O–H groups in total. The van der Waals surface area contributed by atoms with Gasteiger partial charge in [0, 0.05) is 125 Å². The zero-order valence-electron chi connectivity index (χ0n) is 79.6. The van der Waals surface area contributed by atoms with Crippen molar-refractivity contribution in [3.63, 3.8) is 0 Å². The number of hydrogen-bond acceptors (Lipinski definition) is 30. The zero-order chi connectivity index (χ0) is 97.0. The van der Waals surface area contributed by atoms with Crippen LogP contribution in [-0.2, 0) is 0 Å². The van der Waals surface area contributed by atoms with E-state index in [0.717, 1.165) is 194 Å². The molecule has 4 aromatic heterocycles. The molecule has 2 aliphatic heterocycles. The van der Waals surface area contributed by atoms with Crippen molar-refractivity contribution in [3.05, 3.63) is 361 Å². The van der Waals surface area contributed by atoms with Crippen LogP contribution in [0.15, 0.2) is 441 Å². The number of anilines is 4. The molecule has 0 unspecified atom stereocenters. The first-order chi connectivity index (χ1) is 68.6. The van der Waals surface area contributed by atoms with E-state index in [0.29, 0.717) is 27.9 Å². The smallest absolute Gasteiger partial charge is 0.131 e. The number of aromatic nitrogens is 4. The van der Waals surface area contributed by atoms with Crippen LogP contribution in [0.5, 0.6) is 0 Å². The quantitative estimate of drug-likeness (QED) is 0.0296. The third-order valence-corrected chi connectivity index (χ3v) is 23.7. The normalized spacial score (nSPS) is 13.4. The molecule has 11 aromatic carbocycles. The first-order valence-electron chi connectivity index (χ1n) is 46.6. The Morgan fingerprint density at radius 2 is 0.429 bits per heavy atom. The van der Waals surface area contributed by atoms with Crippen molar-refractivity contribution in [3.8, 4) is 0 Å². The van der Waals surface area contributed by atoms with E-state index in [1.54, 1.807) is 67.6 Å². The Morgan fingerprint density at radius 3 is 0.693 bits per heavy atom. The Morgan fingerprint density at radius 1 is 0.229 bits per heavy atom. The summed E-state index contributed by atoms with van der Waals surface area (Å²) in [5, 5.41) is 96.3. The third-order valence-electron chi connectivity index (χ3n) is 23.5. The Labute approximate surface area is 820 Å². The summed E-state index contributed by atoms with van der Waals surface area (Å²) in [7, 11) is 0. The van der Waals surface area contributed by atoms with E-state index in [1.807, 2.05) is 222 Å². The SMILES string of the molecule is CCN(CC)c1ccc(N=Nc2ccc(N=Nc3ccc(N=Nc4ccc(N=Nc5ccncc5)cc4)c(C)c3)c(C)c2)cc1.CCN(CC)c1ccc(N=Nc2ccc(N=Nc3ccc(N=Nc4ccnc(Cl)c4)cc3)c(C)c2)cc1.Cc1cc(N=Nc2ccc(N3CCC(C4CCN(c5ccc(N=Nc6ccc(N=Nc7ccncc7)cc6)c(C)c5)CC4)CC3)cc2)ccc1N=Nc1ccncc1. The van der Waals surface area contributed by atoms with Crippen LogP contribution in [-0.4, -0.2) is 72.3 Å². The monoisotopic (exact) mass is 1870 g/mol. The molecule has 6 heterocycles. The molecule has 31 heteroatoms. The van der Waals surface area contributed by atoms with Gasteiger partial charge in [-0.3, -0.25) is 15.0 Å². The lowest BCUT2D eigenvalue weighted by Gasteiger charge is -2.41. The van der Waals surface area contributed by atoms with E-state index in [-0.39, 0.29) is 0 Å². The van der Waals surface area contributed by atoms with Gasteiger partial charge in [0.2, 0.25) is 0 Å². The number of azo groups is 11. The van der Waals surface area contributed by atoms with E-state index < -0.39 is 0 Å². The lowest BCUT2D eigenvalue weighted by Crippen LogP contribution is -2.41. The number of piperidine rings is 2. The number of aryl methyl sites for hydroxylation is 5. The fourth-order valence-electron chi connectivity index (χ4n) is 15.5. The van der Waals surface area contributed by atoms with Gasteiger partial charge in [0.05, 0.1) is 125 Å². The van der Waals surface area contributed by atoms with Gasteiger partial charge in [0.25, 0.3) is 0 Å². The minimum absolute atomic E-state index is 0.374. The van der Waals surface area contributed by atoms with E-state index in [4.69, 9.17) is 11.6 Å². The van der Waals surface area contributed by atoms with Crippen molar-refractivity contribution in [2.24, 2.45) is 124 Å². The van der Waals surface area contributed by atoms with Gasteiger partial charge in [-0.05, 0) is 407 Å². The van der Waals surface area contributed by atoms with Crippen LogP contribution in [0.25, 0.3) is 0 Å². The van der Waals surface area contributed by atoms with E-state index >= 15 is 0 Å². The van der Waals surface area contributed by atoms with Gasteiger partial charge in [-0.15, -0.1) is 0 Å². The standard InChI is InChI=1S/C46H46N12.C35H34N10.C28H27ClN8/c1-33-31-42(9-13-45(33)55-53-41-17-25-48-26-18-41)54-50-39-7-10-43(11-8-39)57-27-19-35(20-28-57)36-21-29-58(30-22-36)44-12-14-46(34(2)32-44)56-52-38-5-3-37(4-6-38)49-51-40-15-23-47-24-16-40;1-5-45(6-2)33-15-11-29(12-16-33)38-41-31-13-17-35(25(3)23-31)44-42-32-14-18-34(26(4)24-32)43-40-28-9-7-27(8-10-28)37-39-30-19-21-36-22-20-30;1-4-37(5-2)26-13-10-23(11-14-26)32-34-24-12-15-27(20(3)18-24)36-33-22-8-6-21(7-9-22)31-35-25-16-17-30-28(29)19-25/h3-18,23-26,31-32,35-36H,19-22,27-30H2,1-2H3;7-24H,5-6H2,1-4H3;6-19H,4-5H2,1-3H3. The van der Waals surface area contributed by atoms with Crippen LogP contribution in [0.4, 0.5) is 148 Å². The summed E-state index contributed by atoms with van der Waals surface area (Å²) >= 11 is 5.87. The Kier molecular flexibility index (Phi) is 34.9. The highest BCUT2D eigenvalue weighted by Crippen LogP contribution is 2.40. The van der Waals surface area contributed by atoms with Crippen molar-refractivity contribution in [1.82, 2.24) is 19.9 Å². The van der Waals surface area contributed by atoms with Crippen molar-refractivity contribution in [2.45, 2.75) is 88.0 Å². The molecule has 2 aliphatic rings. The molecule has 2 saturated heterocycles. The molecule has 0 radical (unpaired) electrons. The number of hydrogen-bond donors (Lipinski definition) is 0. The van der Waals surface area contributed by atoms with Gasteiger partial charge in [0.1, 0.15) is 5.15 Å². The van der Waals surface area contributed by atoms with Crippen LogP contribution in [0.3, 0.4) is 0 Å². The maximum atomic E-state index is 5.87. The van der Waals surface area contributed by atoms with Crippen molar-refractivity contribution in [1.29, 1.82) is 0 Å². The minimum atomic E-state index is 0.374. The van der Waals surface area contributed by atoms with E-state index in [1.165, 1.54) is 48.4 Å². The maximum absolute atomic E-state index is 5.87. The van der Waals surface area contributed by atoms with Crippen molar-refractivity contribution in [2.75, 3.05) is 72.0 Å². The molecule has 0 saturated carbocycles. The molecule has 700 valence electrons. The fourth-order valence-corrected chi connectivity index (χ4v) is 15.7. The van der Waals surface area contributed by atoms with Crippen molar-refractivity contribution < 1.29 is 0 Å². The van der Waals surface area contributed by atoms with Crippen LogP contribution in [0.1, 0.15) is 81.2 Å². The zero-order valence-corrected chi connectivity index (χ0v) is 80.4. The van der Waals surface area contributed by atoms with Gasteiger partial charge in [-0.2, -0.15) is 113 Å². The number of pyridine rings is 4. The molecule has 2 fully saturated rings. The molecule has 0 amide bonds. The highest BCUT2D eigenvalue weighted by Gasteiger charge is 2.30. The summed E-state index contributed by atoms with van der Waals surface area (Å²) in [5.74, 6) is 1.56. The average Bonchev–Trinajstić information content (AvgIpc) is 0.811. The Bertz CT molecular complexity index is 6920. The number of rotatable bonds is 31. The summed E-state index contributed by atoms with van der Waals surface area (Å²) in [6.07, 6.45) is 16.7. The van der Waals surface area contributed by atoms with E-state index in [9.17, 15) is 0 Å². The van der Waals surface area contributed by atoms with Crippen LogP contribution in [0.2, 0.25) is 5.15 Å². The molecule has 140 heavy (non-hydrogen) atoms. The summed E-state index contributed by atoms with van der Waals surface area (Å²) in [6.45, 7) is 26.9. The topological polar surface area (TPSA) is 336 Å². The molecule has 30 nitrogen and oxygen atoms in total. The highest BCUT2D eigenvalue weighted by atomic mass is 35.5. The molecule has 0 spiro atoms. The Balaban J connectivity index is 0.000000163. The van der Waals surface area contributed by atoms with Crippen LogP contribution < -0.4 is 19.6 Å². The lowest BCUT2D eigenvalue weighted by molar-refractivity contribution is 0.233. The average molecular weight is 1870 g/mol. The number of benzene rings is 11. The lowest BCUT2D eigenvalue weighted by atomic mass is 9.78. The van der Waals surface area contributed by atoms with Gasteiger partial charge in [-0.25, -0.2) is 4.98 Å². The summed E-state index contributed by atoms with van der Waals surface area (Å²) in [6, 6.07) is 90.7. The largest absolute Gasteiger partial charge is 0.372 e. The van der Waals surface area contributed by atoms with Gasteiger partial charge in [0.15, 0.2) is 0 Å². The third kappa shape index (κ3) is 29.1. The summed E-state index contributed by atoms with van der Waals surface area (Å²) in [5.41, 5.74) is 26.6. The van der Waals surface area contributed by atoms with Crippen LogP contribution in [0, 0.1) is 46.5 Å². The van der Waals surface area contributed by atoms with Crippen LogP contribution >= 0.6 is 11.6 Å². The number of nitrogens with zero attached hydrogens (tertiary/aromatic N) is 30. The second kappa shape index (κ2) is 50.1. The van der Waals surface area contributed by atoms with Gasteiger partial charge in [-0.1, -0.05) is 11.6 Å². The second-order valence-corrected chi connectivity index (χ2v) is 33.5. The summed E-state index contributed by atoms with van der Waals surface area (Å²) in [4.78, 5) is 25.6. The predicted octanol–water partition coefficient (Wildman–Crippen LogP) is 36.2. The van der Waals surface area contributed by atoms with Crippen molar-refractivity contribution >= 4 is 159 Å². The highest BCUT2D eigenvalue weighted by molar-refractivity contribution is 6.29.